The van der Waals surface area contributed by atoms with Crippen molar-refractivity contribution < 1.29 is 4.79 Å². The average molecular weight is 403 g/mol. The average Bonchev–Trinajstić information content (AvgIpc) is 3.16. The molecule has 1 N–H and O–H groups in total. The zero-order chi connectivity index (χ0) is 20.4. The van der Waals surface area contributed by atoms with E-state index in [1.54, 1.807) is 28.9 Å². The van der Waals surface area contributed by atoms with E-state index in [1.807, 2.05) is 62.4 Å². The molecule has 1 heterocycles. The van der Waals surface area contributed by atoms with Crippen molar-refractivity contribution in [1.29, 1.82) is 0 Å². The highest BCUT2D eigenvalue weighted by Gasteiger charge is 2.19. The van der Waals surface area contributed by atoms with Gasteiger partial charge < -0.3 is 5.32 Å². The Morgan fingerprint density at radius 3 is 2.34 bits per heavy atom. The van der Waals surface area contributed by atoms with E-state index in [0.717, 1.165) is 22.4 Å². The highest BCUT2D eigenvalue weighted by molar-refractivity contribution is 6.30. The Kier molecular flexibility index (Phi) is 5.14. The Morgan fingerprint density at radius 1 is 0.931 bits per heavy atom. The Bertz CT molecular complexity index is 1160. The number of anilines is 1. The zero-order valence-corrected chi connectivity index (χ0v) is 16.8. The number of aromatic nitrogens is 3. The van der Waals surface area contributed by atoms with Crippen LogP contribution < -0.4 is 5.32 Å². The van der Waals surface area contributed by atoms with Crippen LogP contribution in [0, 0.1) is 13.8 Å². The van der Waals surface area contributed by atoms with Gasteiger partial charge in [-0.1, -0.05) is 53.1 Å². The van der Waals surface area contributed by atoms with Gasteiger partial charge in [0.1, 0.15) is 0 Å². The lowest BCUT2D eigenvalue weighted by molar-refractivity contribution is 0.101. The third kappa shape index (κ3) is 4.20. The number of nitrogens with zero attached hydrogens (tertiary/aromatic N) is 3. The van der Waals surface area contributed by atoms with Crippen LogP contribution in [0.2, 0.25) is 5.02 Å². The lowest BCUT2D eigenvalue weighted by Gasteiger charge is -2.07. The number of carbonyl (C=O) groups is 1. The summed E-state index contributed by atoms with van der Waals surface area (Å²) in [6.07, 6.45) is 0. The van der Waals surface area contributed by atoms with Crippen molar-refractivity contribution in [2.75, 3.05) is 5.32 Å². The summed E-state index contributed by atoms with van der Waals surface area (Å²) in [5.41, 5.74) is 4.61. The van der Waals surface area contributed by atoms with Crippen molar-refractivity contribution in [3.63, 3.8) is 0 Å². The van der Waals surface area contributed by atoms with E-state index in [9.17, 15) is 4.79 Å². The summed E-state index contributed by atoms with van der Waals surface area (Å²) >= 11 is 5.91. The fourth-order valence-corrected chi connectivity index (χ4v) is 3.09. The van der Waals surface area contributed by atoms with Crippen molar-refractivity contribution in [1.82, 2.24) is 14.8 Å². The fraction of sp³-hybridized carbons (Fsp3) is 0.0870. The number of amides is 1. The highest BCUT2D eigenvalue weighted by atomic mass is 35.5. The fourth-order valence-electron chi connectivity index (χ4n) is 2.97. The first-order chi connectivity index (χ1) is 14.0. The normalized spacial score (nSPS) is 10.7. The Labute approximate surface area is 174 Å². The van der Waals surface area contributed by atoms with Gasteiger partial charge in [-0.2, -0.15) is 0 Å². The lowest BCUT2D eigenvalue weighted by Crippen LogP contribution is -2.14. The lowest BCUT2D eigenvalue weighted by atomic mass is 10.1. The maximum absolute atomic E-state index is 12.8. The van der Waals surface area contributed by atoms with E-state index in [-0.39, 0.29) is 11.7 Å². The number of halogens is 1. The van der Waals surface area contributed by atoms with Gasteiger partial charge in [0, 0.05) is 16.3 Å². The number of hydrogen-bond acceptors (Lipinski definition) is 3. The predicted octanol–water partition coefficient (Wildman–Crippen LogP) is 5.46. The van der Waals surface area contributed by atoms with E-state index < -0.39 is 0 Å². The van der Waals surface area contributed by atoms with Gasteiger partial charge in [0.25, 0.3) is 5.91 Å². The van der Waals surface area contributed by atoms with Gasteiger partial charge in [-0.05, 0) is 56.3 Å². The van der Waals surface area contributed by atoms with Crippen LogP contribution in [0.4, 0.5) is 5.69 Å². The summed E-state index contributed by atoms with van der Waals surface area (Å²) in [6.45, 7) is 4.04. The second-order valence-corrected chi connectivity index (χ2v) is 7.27. The first-order valence-corrected chi connectivity index (χ1v) is 9.55. The molecule has 6 heteroatoms. The molecule has 1 amide bonds. The molecule has 0 atom stereocenters. The molecule has 0 spiro atoms. The van der Waals surface area contributed by atoms with Crippen molar-refractivity contribution in [3.05, 3.63) is 94.8 Å². The molecule has 1 aromatic heterocycles. The third-order valence-corrected chi connectivity index (χ3v) is 4.72. The minimum Gasteiger partial charge on any atom is -0.319 e. The topological polar surface area (TPSA) is 59.8 Å². The van der Waals surface area contributed by atoms with Crippen LogP contribution in [-0.4, -0.2) is 20.7 Å². The minimum absolute atomic E-state index is 0.0945. The molecule has 5 nitrogen and oxygen atoms in total. The molecule has 0 unspecified atom stereocenters. The summed E-state index contributed by atoms with van der Waals surface area (Å²) in [6, 6.07) is 22.8. The summed E-state index contributed by atoms with van der Waals surface area (Å²) < 4.78 is 1.70. The predicted molar refractivity (Wildman–Crippen MR) is 116 cm³/mol. The molecule has 4 aromatic rings. The van der Waals surface area contributed by atoms with E-state index in [1.165, 1.54) is 0 Å². The van der Waals surface area contributed by atoms with Gasteiger partial charge in [0.05, 0.1) is 5.69 Å². The molecular formula is C23H19ClN4O. The smallest absolute Gasteiger partial charge is 0.295 e. The van der Waals surface area contributed by atoms with Crippen LogP contribution in [0.3, 0.4) is 0 Å². The van der Waals surface area contributed by atoms with Crippen LogP contribution in [0.5, 0.6) is 0 Å². The number of carbonyl (C=O) groups excluding carboxylic acids is 1. The minimum atomic E-state index is -0.382. The van der Waals surface area contributed by atoms with Gasteiger partial charge in [-0.25, -0.2) is 9.67 Å². The van der Waals surface area contributed by atoms with Crippen LogP contribution in [0.1, 0.15) is 21.7 Å². The summed E-state index contributed by atoms with van der Waals surface area (Å²) in [5, 5.41) is 7.91. The largest absolute Gasteiger partial charge is 0.319 e. The first kappa shape index (κ1) is 18.9. The number of benzene rings is 3. The Hall–Kier alpha value is -3.44. The van der Waals surface area contributed by atoms with E-state index in [4.69, 9.17) is 11.6 Å². The van der Waals surface area contributed by atoms with E-state index in [2.05, 4.69) is 15.4 Å². The van der Waals surface area contributed by atoms with Crippen molar-refractivity contribution in [2.45, 2.75) is 13.8 Å². The number of rotatable bonds is 4. The van der Waals surface area contributed by atoms with Crippen molar-refractivity contribution >= 4 is 23.2 Å². The number of hydrogen-bond donors (Lipinski definition) is 1. The molecular weight excluding hydrogens is 384 g/mol. The first-order valence-electron chi connectivity index (χ1n) is 9.18. The molecule has 0 aliphatic rings. The summed E-state index contributed by atoms with van der Waals surface area (Å²) in [5.74, 6) is 0.322. The van der Waals surface area contributed by atoms with Crippen molar-refractivity contribution in [3.8, 4) is 17.1 Å². The van der Waals surface area contributed by atoms with Crippen LogP contribution >= 0.6 is 11.6 Å². The van der Waals surface area contributed by atoms with Crippen LogP contribution in [0.15, 0.2) is 72.8 Å². The zero-order valence-electron chi connectivity index (χ0n) is 16.1. The second-order valence-electron chi connectivity index (χ2n) is 6.84. The number of aryl methyl sites for hydroxylation is 2. The highest BCUT2D eigenvalue weighted by Crippen LogP contribution is 2.23. The molecule has 29 heavy (non-hydrogen) atoms. The third-order valence-electron chi connectivity index (χ3n) is 4.47. The van der Waals surface area contributed by atoms with E-state index in [0.29, 0.717) is 16.5 Å². The second kappa shape index (κ2) is 7.89. The number of nitrogens with one attached hydrogen (secondary N) is 1. The molecule has 0 saturated carbocycles. The molecule has 0 radical (unpaired) electrons. The quantitative estimate of drug-likeness (QED) is 0.493. The molecule has 0 saturated heterocycles. The van der Waals surface area contributed by atoms with Gasteiger partial charge >= 0.3 is 0 Å². The van der Waals surface area contributed by atoms with Crippen molar-refractivity contribution in [2.24, 2.45) is 0 Å². The molecule has 0 aliphatic heterocycles. The monoisotopic (exact) mass is 402 g/mol. The van der Waals surface area contributed by atoms with Gasteiger partial charge in [-0.15, -0.1) is 5.10 Å². The van der Waals surface area contributed by atoms with Crippen LogP contribution in [-0.2, 0) is 0 Å². The molecule has 4 rings (SSSR count). The molecule has 0 fully saturated rings. The Morgan fingerprint density at radius 2 is 1.66 bits per heavy atom. The summed E-state index contributed by atoms with van der Waals surface area (Å²) in [7, 11) is 0. The van der Waals surface area contributed by atoms with Gasteiger partial charge in [0.2, 0.25) is 5.82 Å². The van der Waals surface area contributed by atoms with Gasteiger partial charge in [-0.3, -0.25) is 4.79 Å². The van der Waals surface area contributed by atoms with Crippen LogP contribution in [0.25, 0.3) is 17.1 Å². The molecule has 3 aromatic carbocycles. The SMILES string of the molecule is Cc1ccc(-n2nc(C(=O)Nc3ccc(Cl)cc3)nc2-c2cccc(C)c2)cc1. The molecule has 144 valence electrons. The van der Waals surface area contributed by atoms with Gasteiger partial charge in [0.15, 0.2) is 5.82 Å². The summed E-state index contributed by atoms with van der Waals surface area (Å²) in [4.78, 5) is 17.3. The maximum atomic E-state index is 12.8. The maximum Gasteiger partial charge on any atom is 0.295 e. The standard InChI is InChI=1S/C23H19ClN4O/c1-15-6-12-20(13-7-15)28-22(17-5-3-4-16(2)14-17)26-21(27-28)23(29)25-19-10-8-18(24)9-11-19/h3-14H,1-2H3,(H,25,29). The van der Waals surface area contributed by atoms with E-state index >= 15 is 0 Å². The molecule has 0 bridgehead atoms. The Balaban J connectivity index is 1.75. The molecule has 0 aliphatic carbocycles.